The number of nitrogens with one attached hydrogen (secondary N) is 1. The molecule has 2 amide bonds. The van der Waals surface area contributed by atoms with Crippen LogP contribution in [0.1, 0.15) is 36.2 Å². The molecular weight excluding hydrogens is 436 g/mol. The summed E-state index contributed by atoms with van der Waals surface area (Å²) >= 11 is 3.40. The summed E-state index contributed by atoms with van der Waals surface area (Å²) in [4.78, 5) is 26.5. The van der Waals surface area contributed by atoms with E-state index < -0.39 is 0 Å². The molecule has 2 aromatic carbocycles. The summed E-state index contributed by atoms with van der Waals surface area (Å²) in [6.45, 7) is 6.78. The summed E-state index contributed by atoms with van der Waals surface area (Å²) < 4.78 is 12.2. The van der Waals surface area contributed by atoms with Gasteiger partial charge in [-0.05, 0) is 62.2 Å². The Morgan fingerprint density at radius 2 is 1.83 bits per heavy atom. The first-order valence-corrected chi connectivity index (χ1v) is 10.4. The van der Waals surface area contributed by atoms with E-state index in [-0.39, 0.29) is 18.4 Å². The monoisotopic (exact) mass is 462 g/mol. The van der Waals surface area contributed by atoms with Gasteiger partial charge in [-0.1, -0.05) is 22.9 Å². The summed E-state index contributed by atoms with van der Waals surface area (Å²) in [6.07, 6.45) is 0.877. The number of carbonyl (C=O) groups is 2. The molecule has 0 fully saturated rings. The van der Waals surface area contributed by atoms with Gasteiger partial charge in [0.25, 0.3) is 5.91 Å². The van der Waals surface area contributed by atoms with Crippen LogP contribution < -0.4 is 14.8 Å². The van der Waals surface area contributed by atoms with E-state index in [2.05, 4.69) is 21.2 Å². The van der Waals surface area contributed by atoms with E-state index >= 15 is 0 Å². The minimum atomic E-state index is -0.268. The number of amides is 2. The van der Waals surface area contributed by atoms with Crippen LogP contribution in [0.4, 0.5) is 5.69 Å². The molecule has 29 heavy (non-hydrogen) atoms. The highest BCUT2D eigenvalue weighted by Crippen LogP contribution is 2.29. The van der Waals surface area contributed by atoms with Gasteiger partial charge in [-0.25, -0.2) is 0 Å². The molecule has 2 aromatic rings. The van der Waals surface area contributed by atoms with Crippen molar-refractivity contribution in [3.63, 3.8) is 0 Å². The average molecular weight is 463 g/mol. The summed E-state index contributed by atoms with van der Waals surface area (Å²) in [5, 5.41) is 2.84. The molecule has 0 saturated heterocycles. The highest BCUT2D eigenvalue weighted by molar-refractivity contribution is 9.10. The van der Waals surface area contributed by atoms with Crippen LogP contribution in [0.3, 0.4) is 0 Å². The quantitative estimate of drug-likeness (QED) is 0.588. The average Bonchev–Trinajstić information content (AvgIpc) is 2.68. The maximum absolute atomic E-state index is 12.8. The van der Waals surface area contributed by atoms with E-state index in [4.69, 9.17) is 9.47 Å². The van der Waals surface area contributed by atoms with Crippen LogP contribution in [-0.4, -0.2) is 43.5 Å². The van der Waals surface area contributed by atoms with Crippen LogP contribution in [0.5, 0.6) is 11.5 Å². The summed E-state index contributed by atoms with van der Waals surface area (Å²) in [5.41, 5.74) is 2.09. The molecule has 0 aliphatic carbocycles. The van der Waals surface area contributed by atoms with Crippen molar-refractivity contribution in [2.24, 2.45) is 0 Å². The summed E-state index contributed by atoms with van der Waals surface area (Å²) in [7, 11) is 1.60. The molecule has 6 nitrogen and oxygen atoms in total. The Balaban J connectivity index is 2.06. The van der Waals surface area contributed by atoms with E-state index in [9.17, 15) is 9.59 Å². The predicted molar refractivity (Wildman–Crippen MR) is 118 cm³/mol. The zero-order valence-electron chi connectivity index (χ0n) is 17.3. The van der Waals surface area contributed by atoms with Crippen molar-refractivity contribution in [3.05, 3.63) is 52.0 Å². The van der Waals surface area contributed by atoms with Gasteiger partial charge < -0.3 is 19.7 Å². The molecule has 0 bridgehead atoms. The first-order chi connectivity index (χ1) is 13.8. The molecule has 0 spiro atoms. The normalized spacial score (nSPS) is 10.4. The van der Waals surface area contributed by atoms with Crippen molar-refractivity contribution in [3.8, 4) is 11.5 Å². The predicted octanol–water partition coefficient (Wildman–Crippen LogP) is 4.66. The molecule has 0 aliphatic heterocycles. The molecule has 0 aliphatic rings. The van der Waals surface area contributed by atoms with Crippen molar-refractivity contribution < 1.29 is 19.1 Å². The van der Waals surface area contributed by atoms with E-state index in [0.717, 1.165) is 22.1 Å². The second-order valence-electron chi connectivity index (χ2n) is 6.61. The Bertz CT molecular complexity index is 870. The Morgan fingerprint density at radius 3 is 2.48 bits per heavy atom. The molecule has 0 saturated carbocycles. The number of carbonyl (C=O) groups excluding carboxylic acids is 2. The maximum atomic E-state index is 12.8. The first kappa shape index (κ1) is 22.7. The summed E-state index contributed by atoms with van der Waals surface area (Å²) in [6, 6.07) is 10.7. The van der Waals surface area contributed by atoms with E-state index in [1.165, 1.54) is 4.90 Å². The molecule has 0 unspecified atom stereocenters. The largest absolute Gasteiger partial charge is 0.490 e. The Hall–Kier alpha value is -2.54. The third-order valence-electron chi connectivity index (χ3n) is 4.14. The molecule has 0 heterocycles. The van der Waals surface area contributed by atoms with Crippen molar-refractivity contribution in [1.29, 1.82) is 0 Å². The lowest BCUT2D eigenvalue weighted by Gasteiger charge is -2.19. The number of likely N-dealkylation sites (N-methyl/N-ethyl adjacent to an activating group) is 1. The molecule has 0 radical (unpaired) electrons. The molecule has 1 N–H and O–H groups in total. The number of nitrogens with zero attached hydrogens (tertiary/aromatic N) is 1. The number of hydrogen-bond acceptors (Lipinski definition) is 4. The number of hydrogen-bond donors (Lipinski definition) is 1. The van der Waals surface area contributed by atoms with Crippen LogP contribution >= 0.6 is 15.9 Å². The molecule has 0 aromatic heterocycles. The first-order valence-electron chi connectivity index (χ1n) is 9.56. The van der Waals surface area contributed by atoms with E-state index in [1.54, 1.807) is 25.2 Å². The minimum Gasteiger partial charge on any atom is -0.490 e. The fourth-order valence-electron chi connectivity index (χ4n) is 2.71. The van der Waals surface area contributed by atoms with Gasteiger partial charge in [-0.2, -0.15) is 0 Å². The van der Waals surface area contributed by atoms with Gasteiger partial charge in [0.2, 0.25) is 5.91 Å². The highest BCUT2D eigenvalue weighted by atomic mass is 79.9. The zero-order valence-corrected chi connectivity index (χ0v) is 18.8. The van der Waals surface area contributed by atoms with E-state index in [1.807, 2.05) is 39.0 Å². The number of rotatable bonds is 9. The molecule has 0 atom stereocenters. The van der Waals surface area contributed by atoms with Crippen LogP contribution in [0.15, 0.2) is 40.9 Å². The fraction of sp³-hybridized carbons (Fsp3) is 0.364. The highest BCUT2D eigenvalue weighted by Gasteiger charge is 2.18. The third kappa shape index (κ3) is 6.49. The smallest absolute Gasteiger partial charge is 0.254 e. The van der Waals surface area contributed by atoms with Gasteiger partial charge in [0.05, 0.1) is 19.8 Å². The van der Waals surface area contributed by atoms with Gasteiger partial charge in [-0.3, -0.25) is 9.59 Å². The van der Waals surface area contributed by atoms with Crippen LogP contribution in [-0.2, 0) is 4.79 Å². The van der Waals surface area contributed by atoms with Gasteiger partial charge in [-0.15, -0.1) is 0 Å². The van der Waals surface area contributed by atoms with Crippen LogP contribution in [0.2, 0.25) is 0 Å². The Kier molecular flexibility index (Phi) is 8.51. The SMILES string of the molecule is CCCOc1ccc(C(=O)N(C)CC(=O)Nc2ccc(Br)cc2C)cc1OCC. The zero-order chi connectivity index (χ0) is 21.4. The topological polar surface area (TPSA) is 67.9 Å². The van der Waals surface area contributed by atoms with Gasteiger partial charge in [0, 0.05) is 22.8 Å². The van der Waals surface area contributed by atoms with Crippen molar-refractivity contribution in [2.75, 3.05) is 32.1 Å². The summed E-state index contributed by atoms with van der Waals surface area (Å²) in [5.74, 6) is 0.598. The van der Waals surface area contributed by atoms with Gasteiger partial charge >= 0.3 is 0 Å². The van der Waals surface area contributed by atoms with Gasteiger partial charge in [0.15, 0.2) is 11.5 Å². The maximum Gasteiger partial charge on any atom is 0.254 e. The van der Waals surface area contributed by atoms with Gasteiger partial charge in [0.1, 0.15) is 0 Å². The number of benzene rings is 2. The molecule has 2 rings (SSSR count). The standard InChI is InChI=1S/C22H27BrN2O4/c1-5-11-29-19-10-7-16(13-20(19)28-6-2)22(27)25(4)14-21(26)24-18-9-8-17(23)12-15(18)3/h7-10,12-13H,5-6,11,14H2,1-4H3,(H,24,26). The molecule has 7 heteroatoms. The second-order valence-corrected chi connectivity index (χ2v) is 7.53. The van der Waals surface area contributed by atoms with E-state index in [0.29, 0.717) is 30.3 Å². The fourth-order valence-corrected chi connectivity index (χ4v) is 3.18. The Morgan fingerprint density at radius 1 is 1.07 bits per heavy atom. The van der Waals surface area contributed by atoms with Crippen molar-refractivity contribution in [2.45, 2.75) is 27.2 Å². The second kappa shape index (κ2) is 10.9. The number of anilines is 1. The number of ether oxygens (including phenoxy) is 2. The number of halogens is 1. The molecule has 156 valence electrons. The number of aryl methyl sites for hydroxylation is 1. The van der Waals surface area contributed by atoms with Crippen molar-refractivity contribution >= 4 is 33.4 Å². The minimum absolute atomic E-state index is 0.0631. The van der Waals surface area contributed by atoms with Crippen LogP contribution in [0, 0.1) is 6.92 Å². The van der Waals surface area contributed by atoms with Crippen molar-refractivity contribution in [1.82, 2.24) is 4.90 Å². The lowest BCUT2D eigenvalue weighted by Crippen LogP contribution is -2.35. The third-order valence-corrected chi connectivity index (χ3v) is 4.64. The Labute approximate surface area is 180 Å². The lowest BCUT2D eigenvalue weighted by atomic mass is 10.1. The molecular formula is C22H27BrN2O4. The lowest BCUT2D eigenvalue weighted by molar-refractivity contribution is -0.116. The van der Waals surface area contributed by atoms with Crippen LogP contribution in [0.25, 0.3) is 0 Å².